The lowest BCUT2D eigenvalue weighted by Crippen LogP contribution is -2.56. The van der Waals surface area contributed by atoms with Gasteiger partial charge in [0, 0.05) is 20.2 Å². The molecule has 0 radical (unpaired) electrons. The largest absolute Gasteiger partial charge is 0.368 e. The highest BCUT2D eigenvalue weighted by Crippen LogP contribution is 2.25. The van der Waals surface area contributed by atoms with Crippen LogP contribution in [0.1, 0.15) is 40.0 Å². The summed E-state index contributed by atoms with van der Waals surface area (Å²) in [5, 5.41) is 3.29. The van der Waals surface area contributed by atoms with E-state index in [1.54, 1.807) is 7.11 Å². The van der Waals surface area contributed by atoms with Crippen molar-refractivity contribution in [1.82, 2.24) is 10.2 Å². The summed E-state index contributed by atoms with van der Waals surface area (Å²) in [4.78, 5) is 14.7. The monoisotopic (exact) mass is 292 g/mol. The maximum Gasteiger partial charge on any atom is 0.254 e. The average Bonchev–Trinajstić information content (AvgIpc) is 2.44. The predicted octanol–water partition coefficient (Wildman–Crippen LogP) is 2.07. The first-order valence-electron chi connectivity index (χ1n) is 7.14. The van der Waals surface area contributed by atoms with Crippen molar-refractivity contribution < 1.29 is 9.53 Å². The second kappa shape index (κ2) is 8.77. The Morgan fingerprint density at radius 3 is 2.37 bits per heavy atom. The lowest BCUT2D eigenvalue weighted by Gasteiger charge is -2.39. The second-order valence-corrected chi connectivity index (χ2v) is 5.31. The van der Waals surface area contributed by atoms with Gasteiger partial charge >= 0.3 is 0 Å². The molecule has 19 heavy (non-hydrogen) atoms. The third kappa shape index (κ3) is 4.62. The Balaban J connectivity index is 0.00000324. The van der Waals surface area contributed by atoms with Crippen LogP contribution >= 0.6 is 12.4 Å². The van der Waals surface area contributed by atoms with E-state index in [-0.39, 0.29) is 18.3 Å². The minimum atomic E-state index is -0.589. The van der Waals surface area contributed by atoms with Crippen LogP contribution in [0.15, 0.2) is 0 Å². The molecule has 0 aromatic rings. The first-order chi connectivity index (χ1) is 8.59. The molecule has 114 valence electrons. The lowest BCUT2D eigenvalue weighted by atomic mass is 9.90. The molecule has 0 aromatic carbocycles. The molecule has 0 spiro atoms. The van der Waals surface area contributed by atoms with Gasteiger partial charge in [0.25, 0.3) is 5.91 Å². The number of carbonyl (C=O) groups excluding carboxylic acids is 1. The molecule has 0 saturated carbocycles. The molecule has 0 aromatic heterocycles. The highest BCUT2D eigenvalue weighted by atomic mass is 35.5. The van der Waals surface area contributed by atoms with Crippen LogP contribution in [0.5, 0.6) is 0 Å². The molecular weight excluding hydrogens is 264 g/mol. The zero-order valence-corrected chi connectivity index (χ0v) is 13.5. The van der Waals surface area contributed by atoms with Gasteiger partial charge in [0.2, 0.25) is 0 Å². The van der Waals surface area contributed by atoms with Crippen molar-refractivity contribution in [2.75, 3.05) is 33.3 Å². The third-order valence-corrected chi connectivity index (χ3v) is 4.09. The molecule has 0 bridgehead atoms. The van der Waals surface area contributed by atoms with Crippen LogP contribution in [0, 0.1) is 5.92 Å². The fraction of sp³-hybridized carbons (Fsp3) is 0.929. The van der Waals surface area contributed by atoms with E-state index in [0.29, 0.717) is 5.92 Å². The van der Waals surface area contributed by atoms with E-state index in [2.05, 4.69) is 19.2 Å². The number of amides is 1. The number of nitrogens with one attached hydrogen (secondary N) is 1. The number of halogens is 1. The van der Waals surface area contributed by atoms with Crippen molar-refractivity contribution in [1.29, 1.82) is 0 Å². The van der Waals surface area contributed by atoms with E-state index >= 15 is 0 Å². The fourth-order valence-corrected chi connectivity index (χ4v) is 2.49. The molecule has 1 unspecified atom stereocenters. The van der Waals surface area contributed by atoms with Gasteiger partial charge < -0.3 is 15.0 Å². The van der Waals surface area contributed by atoms with Crippen LogP contribution in [0.3, 0.4) is 0 Å². The zero-order chi connectivity index (χ0) is 13.6. The van der Waals surface area contributed by atoms with Gasteiger partial charge in [-0.1, -0.05) is 20.3 Å². The molecule has 1 aliphatic heterocycles. The molecule has 1 aliphatic rings. The molecule has 4 nitrogen and oxygen atoms in total. The van der Waals surface area contributed by atoms with Crippen molar-refractivity contribution in [3.8, 4) is 0 Å². The maximum atomic E-state index is 12.7. The van der Waals surface area contributed by atoms with Gasteiger partial charge in [-0.2, -0.15) is 0 Å². The highest BCUT2D eigenvalue weighted by molar-refractivity contribution is 5.85. The SMILES string of the molecule is CCC(C)CN(CC)C(=O)C1(OC)CCNCC1.Cl. The van der Waals surface area contributed by atoms with Crippen LogP contribution in [0.4, 0.5) is 0 Å². The van der Waals surface area contributed by atoms with Crippen molar-refractivity contribution in [2.45, 2.75) is 45.6 Å². The molecule has 1 fully saturated rings. The molecular formula is C14H29ClN2O2. The summed E-state index contributed by atoms with van der Waals surface area (Å²) < 4.78 is 5.61. The molecule has 1 saturated heterocycles. The van der Waals surface area contributed by atoms with E-state index in [1.807, 2.05) is 11.8 Å². The lowest BCUT2D eigenvalue weighted by molar-refractivity contribution is -0.158. The smallest absolute Gasteiger partial charge is 0.254 e. The van der Waals surface area contributed by atoms with Gasteiger partial charge in [-0.05, 0) is 38.8 Å². The number of hydrogen-bond acceptors (Lipinski definition) is 3. The summed E-state index contributed by atoms with van der Waals surface area (Å²) in [7, 11) is 1.67. The van der Waals surface area contributed by atoms with Crippen LogP contribution in [-0.2, 0) is 9.53 Å². The molecule has 1 amide bonds. The fourth-order valence-electron chi connectivity index (χ4n) is 2.49. The molecule has 1 rings (SSSR count). The Bertz CT molecular complexity index is 268. The van der Waals surface area contributed by atoms with Crippen molar-refractivity contribution >= 4 is 18.3 Å². The van der Waals surface area contributed by atoms with Crippen molar-refractivity contribution in [3.05, 3.63) is 0 Å². The van der Waals surface area contributed by atoms with E-state index in [1.165, 1.54) is 0 Å². The van der Waals surface area contributed by atoms with Gasteiger partial charge in [0.1, 0.15) is 5.60 Å². The van der Waals surface area contributed by atoms with Crippen LogP contribution in [-0.4, -0.2) is 49.7 Å². The Hall–Kier alpha value is -0.320. The minimum Gasteiger partial charge on any atom is -0.368 e. The topological polar surface area (TPSA) is 41.6 Å². The third-order valence-electron chi connectivity index (χ3n) is 4.09. The number of carbonyl (C=O) groups is 1. The van der Waals surface area contributed by atoms with Gasteiger partial charge in [-0.3, -0.25) is 4.79 Å². The molecule has 5 heteroatoms. The predicted molar refractivity (Wildman–Crippen MR) is 80.8 cm³/mol. The van der Waals surface area contributed by atoms with E-state index in [9.17, 15) is 4.79 Å². The summed E-state index contributed by atoms with van der Waals surface area (Å²) in [6.07, 6.45) is 2.66. The number of piperidine rings is 1. The summed E-state index contributed by atoms with van der Waals surface area (Å²) in [6.45, 7) is 9.73. The first kappa shape index (κ1) is 18.7. The van der Waals surface area contributed by atoms with Gasteiger partial charge in [0.05, 0.1) is 0 Å². The van der Waals surface area contributed by atoms with Gasteiger partial charge in [0.15, 0.2) is 0 Å². The Labute approximate surface area is 123 Å². The average molecular weight is 293 g/mol. The van der Waals surface area contributed by atoms with E-state index in [0.717, 1.165) is 45.4 Å². The summed E-state index contributed by atoms with van der Waals surface area (Å²) in [5.41, 5.74) is -0.589. The molecule has 0 aliphatic carbocycles. The number of hydrogen-bond donors (Lipinski definition) is 1. The van der Waals surface area contributed by atoms with Crippen LogP contribution in [0.2, 0.25) is 0 Å². The molecule has 1 heterocycles. The van der Waals surface area contributed by atoms with Gasteiger partial charge in [-0.15, -0.1) is 12.4 Å². The zero-order valence-electron chi connectivity index (χ0n) is 12.7. The maximum absolute atomic E-state index is 12.7. The Morgan fingerprint density at radius 2 is 1.95 bits per heavy atom. The van der Waals surface area contributed by atoms with Crippen LogP contribution in [0.25, 0.3) is 0 Å². The number of ether oxygens (including phenoxy) is 1. The quantitative estimate of drug-likeness (QED) is 0.815. The van der Waals surface area contributed by atoms with E-state index in [4.69, 9.17) is 4.74 Å². The van der Waals surface area contributed by atoms with Crippen molar-refractivity contribution in [3.63, 3.8) is 0 Å². The highest BCUT2D eigenvalue weighted by Gasteiger charge is 2.42. The normalized spacial score (nSPS) is 19.4. The first-order valence-corrected chi connectivity index (χ1v) is 7.14. The summed E-state index contributed by atoms with van der Waals surface area (Å²) >= 11 is 0. The molecule has 1 atom stereocenters. The van der Waals surface area contributed by atoms with Crippen molar-refractivity contribution in [2.24, 2.45) is 5.92 Å². The number of nitrogens with zero attached hydrogens (tertiary/aromatic N) is 1. The second-order valence-electron chi connectivity index (χ2n) is 5.31. The number of rotatable bonds is 6. The number of likely N-dealkylation sites (N-methyl/N-ethyl adjacent to an activating group) is 1. The standard InChI is InChI=1S/C14H28N2O2.ClH/c1-5-12(3)11-16(6-2)13(17)14(18-4)7-9-15-10-8-14;/h12,15H,5-11H2,1-4H3;1H. The Kier molecular flexibility index (Phi) is 8.62. The summed E-state index contributed by atoms with van der Waals surface area (Å²) in [5.74, 6) is 0.721. The Morgan fingerprint density at radius 1 is 1.37 bits per heavy atom. The number of methoxy groups -OCH3 is 1. The minimum absolute atomic E-state index is 0. The van der Waals surface area contributed by atoms with Gasteiger partial charge in [-0.25, -0.2) is 0 Å². The summed E-state index contributed by atoms with van der Waals surface area (Å²) in [6, 6.07) is 0. The van der Waals surface area contributed by atoms with E-state index < -0.39 is 5.60 Å². The van der Waals surface area contributed by atoms with Crippen LogP contribution < -0.4 is 5.32 Å². The molecule has 1 N–H and O–H groups in total.